The molecular formula is C21H29ClN2O5. The summed E-state index contributed by atoms with van der Waals surface area (Å²) in [5.41, 5.74) is 0.897. The number of halogens is 1. The van der Waals surface area contributed by atoms with Gasteiger partial charge in [0.2, 0.25) is 0 Å². The molecule has 0 bridgehead atoms. The van der Waals surface area contributed by atoms with Gasteiger partial charge in [0.1, 0.15) is 23.7 Å². The first kappa shape index (κ1) is 24.4. The van der Waals surface area contributed by atoms with Crippen LogP contribution in [0.25, 0.3) is 0 Å². The summed E-state index contributed by atoms with van der Waals surface area (Å²) in [4.78, 5) is 12.8. The summed E-state index contributed by atoms with van der Waals surface area (Å²) in [7, 11) is 4.58. The van der Waals surface area contributed by atoms with Crippen LogP contribution in [0.15, 0.2) is 36.4 Å². The Morgan fingerprint density at radius 1 is 0.931 bits per heavy atom. The lowest BCUT2D eigenvalue weighted by Gasteiger charge is -2.15. The third-order valence-electron chi connectivity index (χ3n) is 3.99. The summed E-state index contributed by atoms with van der Waals surface area (Å²) in [6.45, 7) is 5.40. The minimum absolute atomic E-state index is 0. The molecule has 0 aliphatic rings. The van der Waals surface area contributed by atoms with Gasteiger partial charge in [-0.2, -0.15) is 0 Å². The number of hydrogen-bond donors (Lipinski definition) is 2. The number of anilines is 1. The summed E-state index contributed by atoms with van der Waals surface area (Å²) in [6.07, 6.45) is 0. The molecule has 0 spiro atoms. The van der Waals surface area contributed by atoms with E-state index in [1.807, 2.05) is 0 Å². The molecule has 0 aromatic heterocycles. The average Bonchev–Trinajstić information content (AvgIpc) is 2.70. The molecule has 0 saturated carbocycles. The van der Waals surface area contributed by atoms with Crippen molar-refractivity contribution in [2.24, 2.45) is 0 Å². The van der Waals surface area contributed by atoms with Crippen molar-refractivity contribution in [1.82, 2.24) is 5.32 Å². The first-order valence-electron chi connectivity index (χ1n) is 9.06. The molecule has 0 unspecified atom stereocenters. The fourth-order valence-electron chi connectivity index (χ4n) is 2.64. The minimum Gasteiger partial charge on any atom is -0.496 e. The lowest BCUT2D eigenvalue weighted by molar-refractivity contribution is 0.102. The molecule has 0 heterocycles. The van der Waals surface area contributed by atoms with Gasteiger partial charge in [0.15, 0.2) is 11.5 Å². The maximum absolute atomic E-state index is 12.8. The molecular weight excluding hydrogens is 396 g/mol. The minimum atomic E-state index is -0.342. The number of benzene rings is 2. The van der Waals surface area contributed by atoms with E-state index in [1.54, 1.807) is 43.5 Å². The van der Waals surface area contributed by atoms with E-state index >= 15 is 0 Å². The molecule has 2 aromatic carbocycles. The Hall–Kier alpha value is -2.64. The van der Waals surface area contributed by atoms with Crippen molar-refractivity contribution in [2.45, 2.75) is 19.9 Å². The van der Waals surface area contributed by atoms with Gasteiger partial charge in [0.25, 0.3) is 5.91 Å². The van der Waals surface area contributed by atoms with Gasteiger partial charge in [-0.15, -0.1) is 12.4 Å². The normalized spacial score (nSPS) is 10.1. The van der Waals surface area contributed by atoms with E-state index in [1.165, 1.54) is 14.2 Å². The van der Waals surface area contributed by atoms with Crippen LogP contribution in [-0.2, 0) is 0 Å². The van der Waals surface area contributed by atoms with Crippen LogP contribution >= 0.6 is 12.4 Å². The molecule has 8 heteroatoms. The van der Waals surface area contributed by atoms with E-state index < -0.39 is 0 Å². The largest absolute Gasteiger partial charge is 0.496 e. The summed E-state index contributed by atoms with van der Waals surface area (Å²) >= 11 is 0. The standard InChI is InChI=1S/C21H28N2O5.ClH/c1-14(2)22-11-12-28-16-10-9-15(13-19(16)27-5)23-21(24)20-17(25-3)7-6-8-18(20)26-4;/h6-10,13-14,22H,11-12H2,1-5H3,(H,23,24);1H. The highest BCUT2D eigenvalue weighted by atomic mass is 35.5. The van der Waals surface area contributed by atoms with Gasteiger partial charge in [0, 0.05) is 24.3 Å². The van der Waals surface area contributed by atoms with Gasteiger partial charge < -0.3 is 29.6 Å². The molecule has 2 rings (SSSR count). The number of carbonyl (C=O) groups excluding carboxylic acids is 1. The van der Waals surface area contributed by atoms with Crippen molar-refractivity contribution >= 4 is 24.0 Å². The molecule has 0 saturated heterocycles. The van der Waals surface area contributed by atoms with Crippen molar-refractivity contribution in [3.63, 3.8) is 0 Å². The molecule has 0 radical (unpaired) electrons. The Bertz CT molecular complexity index is 776. The topological polar surface area (TPSA) is 78.1 Å². The van der Waals surface area contributed by atoms with Crippen molar-refractivity contribution < 1.29 is 23.7 Å². The van der Waals surface area contributed by atoms with Crippen LogP contribution in [0.2, 0.25) is 0 Å². The first-order chi connectivity index (χ1) is 13.5. The second-order valence-electron chi connectivity index (χ2n) is 6.31. The van der Waals surface area contributed by atoms with Crippen LogP contribution in [0.1, 0.15) is 24.2 Å². The van der Waals surface area contributed by atoms with Gasteiger partial charge in [0.05, 0.1) is 21.3 Å². The lowest BCUT2D eigenvalue weighted by Crippen LogP contribution is -2.27. The monoisotopic (exact) mass is 424 g/mol. The second-order valence-corrected chi connectivity index (χ2v) is 6.31. The molecule has 0 aliphatic heterocycles. The molecule has 29 heavy (non-hydrogen) atoms. The Labute approximate surface area is 178 Å². The average molecular weight is 425 g/mol. The Morgan fingerprint density at radius 2 is 1.55 bits per heavy atom. The van der Waals surface area contributed by atoms with Gasteiger partial charge in [-0.3, -0.25) is 4.79 Å². The number of methoxy groups -OCH3 is 3. The fraction of sp³-hybridized carbons (Fsp3) is 0.381. The smallest absolute Gasteiger partial charge is 0.263 e. The van der Waals surface area contributed by atoms with E-state index in [-0.39, 0.29) is 18.3 Å². The Kier molecular flexibility index (Phi) is 10.1. The molecule has 1 amide bonds. The van der Waals surface area contributed by atoms with Crippen LogP contribution in [0, 0.1) is 0 Å². The van der Waals surface area contributed by atoms with Gasteiger partial charge in [-0.25, -0.2) is 0 Å². The van der Waals surface area contributed by atoms with Crippen LogP contribution in [0.3, 0.4) is 0 Å². The third-order valence-corrected chi connectivity index (χ3v) is 3.99. The lowest BCUT2D eigenvalue weighted by atomic mass is 10.1. The Balaban J connectivity index is 0.00000420. The first-order valence-corrected chi connectivity index (χ1v) is 9.06. The number of nitrogens with one attached hydrogen (secondary N) is 2. The number of amides is 1. The molecule has 7 nitrogen and oxygen atoms in total. The van der Waals surface area contributed by atoms with Crippen molar-refractivity contribution in [3.05, 3.63) is 42.0 Å². The van der Waals surface area contributed by atoms with Crippen LogP contribution in [-0.4, -0.2) is 46.4 Å². The highest BCUT2D eigenvalue weighted by Gasteiger charge is 2.19. The zero-order valence-corrected chi connectivity index (χ0v) is 18.2. The van der Waals surface area contributed by atoms with Gasteiger partial charge in [-0.05, 0) is 24.3 Å². The highest BCUT2D eigenvalue weighted by molar-refractivity contribution is 6.08. The van der Waals surface area contributed by atoms with E-state index in [0.717, 1.165) is 6.54 Å². The van der Waals surface area contributed by atoms with E-state index in [4.69, 9.17) is 18.9 Å². The van der Waals surface area contributed by atoms with Crippen molar-refractivity contribution in [1.29, 1.82) is 0 Å². The Morgan fingerprint density at radius 3 is 2.10 bits per heavy atom. The zero-order chi connectivity index (χ0) is 20.5. The molecule has 0 aliphatic carbocycles. The van der Waals surface area contributed by atoms with Crippen LogP contribution < -0.4 is 29.6 Å². The predicted octanol–water partition coefficient (Wildman–Crippen LogP) is 3.76. The summed E-state index contributed by atoms with van der Waals surface area (Å²) < 4.78 is 21.7. The molecule has 0 atom stereocenters. The number of rotatable bonds is 10. The van der Waals surface area contributed by atoms with Gasteiger partial charge in [-0.1, -0.05) is 19.9 Å². The van der Waals surface area contributed by atoms with Crippen molar-refractivity contribution in [2.75, 3.05) is 39.8 Å². The molecule has 2 N–H and O–H groups in total. The summed E-state index contributed by atoms with van der Waals surface area (Å²) in [6, 6.07) is 10.8. The van der Waals surface area contributed by atoms with E-state index in [0.29, 0.717) is 46.9 Å². The maximum Gasteiger partial charge on any atom is 0.263 e. The number of carbonyl (C=O) groups is 1. The molecule has 160 valence electrons. The van der Waals surface area contributed by atoms with Crippen LogP contribution in [0.4, 0.5) is 5.69 Å². The van der Waals surface area contributed by atoms with Crippen LogP contribution in [0.5, 0.6) is 23.0 Å². The summed E-state index contributed by atoms with van der Waals surface area (Å²) in [5, 5.41) is 6.13. The SMILES string of the molecule is COc1cc(NC(=O)c2c(OC)cccc2OC)ccc1OCCNC(C)C.Cl. The predicted molar refractivity (Wildman–Crippen MR) is 116 cm³/mol. The molecule has 2 aromatic rings. The summed E-state index contributed by atoms with van der Waals surface area (Å²) in [5.74, 6) is 1.67. The van der Waals surface area contributed by atoms with Crippen molar-refractivity contribution in [3.8, 4) is 23.0 Å². The third kappa shape index (κ3) is 6.73. The van der Waals surface area contributed by atoms with Gasteiger partial charge >= 0.3 is 0 Å². The molecule has 0 fully saturated rings. The number of hydrogen-bond acceptors (Lipinski definition) is 6. The quantitative estimate of drug-likeness (QED) is 0.565. The number of ether oxygens (including phenoxy) is 4. The second kappa shape index (κ2) is 12.0. The van der Waals surface area contributed by atoms with E-state index in [9.17, 15) is 4.79 Å². The maximum atomic E-state index is 12.8. The fourth-order valence-corrected chi connectivity index (χ4v) is 2.64. The highest BCUT2D eigenvalue weighted by Crippen LogP contribution is 2.32. The zero-order valence-electron chi connectivity index (χ0n) is 17.4. The van der Waals surface area contributed by atoms with E-state index in [2.05, 4.69) is 24.5 Å².